The predicted octanol–water partition coefficient (Wildman–Crippen LogP) is 9.03. The molecular weight excluding hydrogens is 665 g/mol. The SMILES string of the molecule is C[Si](C)(C)O[C@H](CC[C@@H](C(=O)N1C(=O)OC[C@H]1c1ccccc1)[C@H](Nc1ccc(F)cc1)c1ccc(Br)cc1)c1ccc(N)cc1. The first-order chi connectivity index (χ1) is 22.0. The van der Waals surface area contributed by atoms with Crippen molar-refractivity contribution < 1.29 is 23.1 Å². The summed E-state index contributed by atoms with van der Waals surface area (Å²) in [7, 11) is -2.03. The molecule has 0 saturated carbocycles. The molecular formula is C36H39BrFN3O4Si. The van der Waals surface area contributed by atoms with E-state index in [1.165, 1.54) is 17.0 Å². The van der Waals surface area contributed by atoms with Gasteiger partial charge in [0.2, 0.25) is 5.91 Å². The van der Waals surface area contributed by atoms with Crippen LogP contribution in [0.1, 0.15) is 47.7 Å². The number of halogens is 2. The van der Waals surface area contributed by atoms with Gasteiger partial charge in [0.1, 0.15) is 18.5 Å². The van der Waals surface area contributed by atoms with Crippen molar-refractivity contribution in [3.8, 4) is 0 Å². The molecule has 1 heterocycles. The number of nitrogens with one attached hydrogen (secondary N) is 1. The highest BCUT2D eigenvalue weighted by Gasteiger charge is 2.44. The molecule has 7 nitrogen and oxygen atoms in total. The van der Waals surface area contributed by atoms with Gasteiger partial charge in [-0.1, -0.05) is 70.5 Å². The largest absolute Gasteiger partial charge is 0.446 e. The van der Waals surface area contributed by atoms with Gasteiger partial charge < -0.3 is 20.2 Å². The van der Waals surface area contributed by atoms with Gasteiger partial charge in [0.25, 0.3) is 0 Å². The molecule has 4 aromatic rings. The third-order valence-electron chi connectivity index (χ3n) is 7.95. The maximum atomic E-state index is 14.8. The summed E-state index contributed by atoms with van der Waals surface area (Å²) in [5, 5.41) is 3.50. The van der Waals surface area contributed by atoms with E-state index in [4.69, 9.17) is 14.9 Å². The molecule has 0 unspecified atom stereocenters. The summed E-state index contributed by atoms with van der Waals surface area (Å²) in [6.07, 6.45) is -0.0942. The molecule has 1 aliphatic heterocycles. The lowest BCUT2D eigenvalue weighted by Crippen LogP contribution is -2.42. The molecule has 2 amide bonds. The van der Waals surface area contributed by atoms with Crippen molar-refractivity contribution >= 4 is 47.6 Å². The van der Waals surface area contributed by atoms with Crippen LogP contribution in [-0.2, 0) is 14.0 Å². The van der Waals surface area contributed by atoms with Crippen molar-refractivity contribution in [3.63, 3.8) is 0 Å². The van der Waals surface area contributed by atoms with Gasteiger partial charge in [-0.2, -0.15) is 0 Å². The molecule has 3 N–H and O–H groups in total. The number of carbonyl (C=O) groups is 2. The van der Waals surface area contributed by atoms with E-state index in [1.54, 1.807) is 12.1 Å². The Labute approximate surface area is 279 Å². The molecule has 0 radical (unpaired) electrons. The van der Waals surface area contributed by atoms with Crippen LogP contribution in [0.3, 0.4) is 0 Å². The number of nitrogen functional groups attached to an aromatic ring is 1. The Bertz CT molecular complexity index is 1620. The van der Waals surface area contributed by atoms with E-state index in [9.17, 15) is 14.0 Å². The van der Waals surface area contributed by atoms with Crippen molar-refractivity contribution in [2.24, 2.45) is 5.92 Å². The quantitative estimate of drug-likeness (QED) is 0.113. The number of carbonyl (C=O) groups excluding carboxylic acids is 2. The van der Waals surface area contributed by atoms with Crippen molar-refractivity contribution in [3.05, 3.63) is 130 Å². The summed E-state index contributed by atoms with van der Waals surface area (Å²) < 4.78 is 26.9. The Kier molecular flexibility index (Phi) is 10.6. The number of hydrogen-bond acceptors (Lipinski definition) is 6. The fraction of sp³-hybridized carbons (Fsp3) is 0.278. The molecule has 0 spiro atoms. The third-order valence-corrected chi connectivity index (χ3v) is 9.47. The molecule has 1 aliphatic rings. The van der Waals surface area contributed by atoms with Gasteiger partial charge in [-0.15, -0.1) is 0 Å². The Hall–Kier alpha value is -3.99. The molecule has 46 heavy (non-hydrogen) atoms. The summed E-state index contributed by atoms with van der Waals surface area (Å²) in [5.74, 6) is -1.45. The fourth-order valence-corrected chi connectivity index (χ4v) is 7.14. The third kappa shape index (κ3) is 8.42. The van der Waals surface area contributed by atoms with Crippen LogP contribution in [0.2, 0.25) is 19.6 Å². The number of cyclic esters (lactones) is 1. The van der Waals surface area contributed by atoms with Gasteiger partial charge in [0, 0.05) is 15.8 Å². The highest BCUT2D eigenvalue weighted by Crippen LogP contribution is 2.39. The van der Waals surface area contributed by atoms with Gasteiger partial charge in [-0.3, -0.25) is 4.79 Å². The average Bonchev–Trinajstić information content (AvgIpc) is 3.42. The van der Waals surface area contributed by atoms with E-state index in [0.29, 0.717) is 24.2 Å². The van der Waals surface area contributed by atoms with E-state index in [-0.39, 0.29) is 24.4 Å². The first-order valence-electron chi connectivity index (χ1n) is 15.3. The average molecular weight is 705 g/mol. The highest BCUT2D eigenvalue weighted by molar-refractivity contribution is 9.10. The second-order valence-electron chi connectivity index (χ2n) is 12.5. The number of nitrogens with two attached hydrogens (primary N) is 1. The minimum atomic E-state index is -2.03. The summed E-state index contributed by atoms with van der Waals surface area (Å²) in [5.41, 5.74) is 9.91. The van der Waals surface area contributed by atoms with E-state index in [0.717, 1.165) is 21.2 Å². The molecule has 5 rings (SSSR count). The standard InChI is InChI=1S/C36H39BrFN3O4Si/c1-46(2,3)45-33(25-11-17-29(39)18-12-25)22-21-31(35(42)41-32(23-44-36(41)43)24-7-5-4-6-8-24)34(26-9-13-27(37)14-10-26)40-30-19-15-28(38)16-20-30/h4-20,31-34,40H,21-23,39H2,1-3H3/t31-,32+,33-,34-/m1/s1. The first-order valence-corrected chi connectivity index (χ1v) is 19.5. The molecule has 1 fully saturated rings. The zero-order valence-corrected chi connectivity index (χ0v) is 28.7. The van der Waals surface area contributed by atoms with Gasteiger partial charge in [0.05, 0.1) is 18.1 Å². The van der Waals surface area contributed by atoms with Crippen molar-refractivity contribution in [2.75, 3.05) is 17.7 Å². The maximum Gasteiger partial charge on any atom is 0.417 e. The van der Waals surface area contributed by atoms with Crippen LogP contribution in [0, 0.1) is 11.7 Å². The molecule has 0 aliphatic carbocycles. The number of benzene rings is 4. The molecule has 0 aromatic heterocycles. The van der Waals surface area contributed by atoms with Crippen molar-refractivity contribution in [1.29, 1.82) is 0 Å². The first kappa shape index (κ1) is 33.4. The van der Waals surface area contributed by atoms with Crippen LogP contribution in [0.15, 0.2) is 108 Å². The zero-order chi connectivity index (χ0) is 32.8. The van der Waals surface area contributed by atoms with E-state index in [2.05, 4.69) is 40.9 Å². The number of rotatable bonds is 12. The normalized spacial score (nSPS) is 16.8. The van der Waals surface area contributed by atoms with Gasteiger partial charge in [-0.25, -0.2) is 14.1 Å². The summed E-state index contributed by atoms with van der Waals surface area (Å²) in [6.45, 7) is 6.46. The van der Waals surface area contributed by atoms with Crippen molar-refractivity contribution in [2.45, 2.75) is 50.7 Å². The topological polar surface area (TPSA) is 93.9 Å². The second kappa shape index (κ2) is 14.6. The Morgan fingerprint density at radius 2 is 1.59 bits per heavy atom. The lowest BCUT2D eigenvalue weighted by Gasteiger charge is -2.34. The Morgan fingerprint density at radius 3 is 2.22 bits per heavy atom. The van der Waals surface area contributed by atoms with Gasteiger partial charge >= 0.3 is 6.09 Å². The molecule has 4 aromatic carbocycles. The van der Waals surface area contributed by atoms with E-state index >= 15 is 0 Å². The minimum absolute atomic E-state index is 0.0719. The number of amides is 2. The number of anilines is 2. The van der Waals surface area contributed by atoms with Crippen LogP contribution >= 0.6 is 15.9 Å². The molecule has 4 atom stereocenters. The summed E-state index contributed by atoms with van der Waals surface area (Å²) in [6, 6.07) is 29.7. The zero-order valence-electron chi connectivity index (χ0n) is 26.2. The summed E-state index contributed by atoms with van der Waals surface area (Å²) >= 11 is 3.52. The number of hydrogen-bond donors (Lipinski definition) is 2. The smallest absolute Gasteiger partial charge is 0.417 e. The van der Waals surface area contributed by atoms with Crippen LogP contribution in [0.5, 0.6) is 0 Å². The Balaban J connectivity index is 1.57. The maximum absolute atomic E-state index is 14.8. The number of ether oxygens (including phenoxy) is 1. The van der Waals surface area contributed by atoms with Crippen LogP contribution < -0.4 is 11.1 Å². The van der Waals surface area contributed by atoms with Crippen LogP contribution in [0.4, 0.5) is 20.6 Å². The minimum Gasteiger partial charge on any atom is -0.446 e. The molecule has 240 valence electrons. The van der Waals surface area contributed by atoms with Gasteiger partial charge in [-0.05, 0) is 97.7 Å². The lowest BCUT2D eigenvalue weighted by atomic mass is 9.85. The molecule has 1 saturated heterocycles. The van der Waals surface area contributed by atoms with Crippen LogP contribution in [-0.4, -0.2) is 31.8 Å². The highest BCUT2D eigenvalue weighted by atomic mass is 79.9. The predicted molar refractivity (Wildman–Crippen MR) is 185 cm³/mol. The molecule has 10 heteroatoms. The second-order valence-corrected chi connectivity index (χ2v) is 17.8. The monoisotopic (exact) mass is 703 g/mol. The number of imide groups is 1. The van der Waals surface area contributed by atoms with Crippen molar-refractivity contribution in [1.82, 2.24) is 4.90 Å². The van der Waals surface area contributed by atoms with E-state index in [1.807, 2.05) is 78.9 Å². The summed E-state index contributed by atoms with van der Waals surface area (Å²) in [4.78, 5) is 29.3. The Morgan fingerprint density at radius 1 is 0.957 bits per heavy atom. The number of nitrogens with zero attached hydrogens (tertiary/aromatic N) is 1. The van der Waals surface area contributed by atoms with E-state index < -0.39 is 32.4 Å². The van der Waals surface area contributed by atoms with Gasteiger partial charge in [0.15, 0.2) is 8.32 Å². The fourth-order valence-electron chi connectivity index (χ4n) is 5.77. The molecule has 0 bridgehead atoms. The van der Waals surface area contributed by atoms with Crippen LogP contribution in [0.25, 0.3) is 0 Å². The lowest BCUT2D eigenvalue weighted by molar-refractivity contribution is -0.134.